The summed E-state index contributed by atoms with van der Waals surface area (Å²) in [4.78, 5) is 33.6. The van der Waals surface area contributed by atoms with Gasteiger partial charge in [-0.15, -0.1) is 0 Å². The van der Waals surface area contributed by atoms with E-state index in [0.717, 1.165) is 16.9 Å². The third-order valence-electron chi connectivity index (χ3n) is 2.89. The van der Waals surface area contributed by atoms with Crippen molar-refractivity contribution in [2.75, 3.05) is 7.05 Å². The van der Waals surface area contributed by atoms with Gasteiger partial charge in [-0.05, 0) is 23.8 Å². The third-order valence-corrected chi connectivity index (χ3v) is 3.93. The zero-order chi connectivity index (χ0) is 16.1. The molecule has 0 fully saturated rings. The molecule has 0 aliphatic carbocycles. The number of thiophene rings is 1. The van der Waals surface area contributed by atoms with Gasteiger partial charge in [0.25, 0.3) is 11.8 Å². The van der Waals surface area contributed by atoms with Gasteiger partial charge in [0.1, 0.15) is 0 Å². The van der Waals surface area contributed by atoms with Crippen molar-refractivity contribution in [1.29, 1.82) is 0 Å². The maximum atomic E-state index is 11.9. The fourth-order valence-electron chi connectivity index (χ4n) is 1.74. The zero-order valence-corrected chi connectivity index (χ0v) is 12.5. The summed E-state index contributed by atoms with van der Waals surface area (Å²) in [7, 11) is 1.55. The normalized spacial score (nSPS) is 10.0. The van der Waals surface area contributed by atoms with Crippen molar-refractivity contribution in [2.24, 2.45) is 0 Å². The molecule has 7 nitrogen and oxygen atoms in total. The maximum Gasteiger partial charge on any atom is 0.324 e. The minimum absolute atomic E-state index is 0.0694. The number of nitrogens with zero attached hydrogens (tertiary/aromatic N) is 1. The van der Waals surface area contributed by atoms with Crippen molar-refractivity contribution >= 4 is 28.2 Å². The van der Waals surface area contributed by atoms with Crippen LogP contribution >= 0.6 is 11.3 Å². The predicted molar refractivity (Wildman–Crippen MR) is 82.0 cm³/mol. The molecular formula is C14H13N3O4S. The summed E-state index contributed by atoms with van der Waals surface area (Å²) in [6.45, 7) is 0.276. The SMILES string of the molecule is CNC(=O)c1ccc(CNC(=O)c2ccc([N+](=O)[O-])s2)cc1. The van der Waals surface area contributed by atoms with Crippen molar-refractivity contribution < 1.29 is 14.5 Å². The molecule has 2 amide bonds. The third kappa shape index (κ3) is 3.67. The Balaban J connectivity index is 1.95. The first-order valence-electron chi connectivity index (χ1n) is 6.34. The average molecular weight is 319 g/mol. The fourth-order valence-corrected chi connectivity index (χ4v) is 2.47. The van der Waals surface area contributed by atoms with Gasteiger partial charge in [-0.1, -0.05) is 23.5 Å². The molecule has 1 aromatic heterocycles. The smallest absolute Gasteiger partial charge is 0.324 e. The Kier molecular flexibility index (Phi) is 4.84. The minimum Gasteiger partial charge on any atom is -0.355 e. The quantitative estimate of drug-likeness (QED) is 0.649. The molecule has 0 spiro atoms. The number of carbonyl (C=O) groups is 2. The van der Waals surface area contributed by atoms with E-state index in [1.807, 2.05) is 0 Å². The molecule has 0 aliphatic heterocycles. The number of benzene rings is 1. The highest BCUT2D eigenvalue weighted by Gasteiger charge is 2.14. The van der Waals surface area contributed by atoms with Crippen molar-refractivity contribution in [1.82, 2.24) is 10.6 Å². The van der Waals surface area contributed by atoms with E-state index in [9.17, 15) is 19.7 Å². The number of nitro groups is 1. The lowest BCUT2D eigenvalue weighted by atomic mass is 10.1. The van der Waals surface area contributed by atoms with Crippen LogP contribution in [0, 0.1) is 10.1 Å². The number of hydrogen-bond acceptors (Lipinski definition) is 5. The van der Waals surface area contributed by atoms with Gasteiger partial charge in [0.2, 0.25) is 0 Å². The van der Waals surface area contributed by atoms with Crippen molar-refractivity contribution in [3.63, 3.8) is 0 Å². The summed E-state index contributed by atoms with van der Waals surface area (Å²) in [6.07, 6.45) is 0. The molecule has 1 heterocycles. The molecular weight excluding hydrogens is 306 g/mol. The number of hydrogen-bond donors (Lipinski definition) is 2. The molecule has 0 saturated carbocycles. The van der Waals surface area contributed by atoms with Crippen molar-refractivity contribution in [3.05, 3.63) is 62.5 Å². The topological polar surface area (TPSA) is 101 Å². The van der Waals surface area contributed by atoms with Crippen LogP contribution in [0.2, 0.25) is 0 Å². The molecule has 1 aromatic carbocycles. The van der Waals surface area contributed by atoms with E-state index in [-0.39, 0.29) is 28.2 Å². The van der Waals surface area contributed by atoms with E-state index in [2.05, 4.69) is 10.6 Å². The molecule has 8 heteroatoms. The Morgan fingerprint density at radius 3 is 2.36 bits per heavy atom. The van der Waals surface area contributed by atoms with Gasteiger partial charge < -0.3 is 10.6 Å². The van der Waals surface area contributed by atoms with Crippen LogP contribution in [-0.2, 0) is 6.54 Å². The van der Waals surface area contributed by atoms with E-state index < -0.39 is 4.92 Å². The molecule has 22 heavy (non-hydrogen) atoms. The summed E-state index contributed by atoms with van der Waals surface area (Å²) in [5.41, 5.74) is 1.36. The summed E-state index contributed by atoms with van der Waals surface area (Å²) in [6, 6.07) is 9.53. The Morgan fingerprint density at radius 2 is 1.82 bits per heavy atom. The van der Waals surface area contributed by atoms with Crippen LogP contribution in [0.15, 0.2) is 36.4 Å². The Labute approximate surface area is 130 Å². The molecule has 0 bridgehead atoms. The molecule has 0 aliphatic rings. The first-order chi connectivity index (χ1) is 10.5. The monoisotopic (exact) mass is 319 g/mol. The Morgan fingerprint density at radius 1 is 1.14 bits per heavy atom. The van der Waals surface area contributed by atoms with Crippen LogP contribution in [0.5, 0.6) is 0 Å². The van der Waals surface area contributed by atoms with Crippen molar-refractivity contribution in [3.8, 4) is 0 Å². The Bertz CT molecular complexity index is 709. The van der Waals surface area contributed by atoms with E-state index >= 15 is 0 Å². The molecule has 0 saturated heterocycles. The van der Waals surface area contributed by atoms with Gasteiger partial charge >= 0.3 is 5.00 Å². The van der Waals surface area contributed by atoms with Gasteiger partial charge in [0.05, 0.1) is 9.80 Å². The second-order valence-corrected chi connectivity index (χ2v) is 5.42. The zero-order valence-electron chi connectivity index (χ0n) is 11.7. The lowest BCUT2D eigenvalue weighted by Gasteiger charge is -2.05. The van der Waals surface area contributed by atoms with Crippen molar-refractivity contribution in [2.45, 2.75) is 6.54 Å². The molecule has 2 N–H and O–H groups in total. The number of rotatable bonds is 5. The second kappa shape index (κ2) is 6.81. The van der Waals surface area contributed by atoms with Crippen LogP contribution in [-0.4, -0.2) is 23.8 Å². The van der Waals surface area contributed by atoms with E-state index in [0.29, 0.717) is 5.56 Å². The van der Waals surface area contributed by atoms with E-state index in [1.165, 1.54) is 12.1 Å². The standard InChI is InChI=1S/C14H13N3O4S/c1-15-13(18)10-4-2-9(3-5-10)8-16-14(19)11-6-7-12(22-11)17(20)21/h2-7H,8H2,1H3,(H,15,18)(H,16,19). The van der Waals surface area contributed by atoms with Crippen LogP contribution < -0.4 is 10.6 Å². The summed E-state index contributed by atoms with van der Waals surface area (Å²) in [5.74, 6) is -0.546. The van der Waals surface area contributed by atoms with Gasteiger partial charge in [-0.2, -0.15) is 0 Å². The van der Waals surface area contributed by atoms with Gasteiger partial charge in [0.15, 0.2) is 0 Å². The number of carbonyl (C=O) groups excluding carboxylic acids is 2. The summed E-state index contributed by atoms with van der Waals surface area (Å²) >= 11 is 0.830. The van der Waals surface area contributed by atoms with E-state index in [4.69, 9.17) is 0 Å². The van der Waals surface area contributed by atoms with Gasteiger partial charge in [-0.3, -0.25) is 19.7 Å². The van der Waals surface area contributed by atoms with Crippen LogP contribution in [0.25, 0.3) is 0 Å². The molecule has 114 valence electrons. The summed E-state index contributed by atoms with van der Waals surface area (Å²) < 4.78 is 0. The minimum atomic E-state index is -0.529. The highest BCUT2D eigenvalue weighted by molar-refractivity contribution is 7.17. The number of amides is 2. The van der Waals surface area contributed by atoms with Crippen LogP contribution in [0.4, 0.5) is 5.00 Å². The highest BCUT2D eigenvalue weighted by Crippen LogP contribution is 2.23. The van der Waals surface area contributed by atoms with Crippen LogP contribution in [0.1, 0.15) is 25.6 Å². The fraction of sp³-hybridized carbons (Fsp3) is 0.143. The summed E-state index contributed by atoms with van der Waals surface area (Å²) in [5, 5.41) is 15.7. The van der Waals surface area contributed by atoms with Crippen LogP contribution in [0.3, 0.4) is 0 Å². The molecule has 0 atom stereocenters. The first kappa shape index (κ1) is 15.6. The van der Waals surface area contributed by atoms with Gasteiger partial charge in [0, 0.05) is 25.2 Å². The molecule has 0 radical (unpaired) electrons. The lowest BCUT2D eigenvalue weighted by molar-refractivity contribution is -0.380. The first-order valence-corrected chi connectivity index (χ1v) is 7.16. The predicted octanol–water partition coefficient (Wildman–Crippen LogP) is 1.95. The molecule has 0 unspecified atom stereocenters. The highest BCUT2D eigenvalue weighted by atomic mass is 32.1. The molecule has 2 aromatic rings. The lowest BCUT2D eigenvalue weighted by Crippen LogP contribution is -2.22. The van der Waals surface area contributed by atoms with E-state index in [1.54, 1.807) is 31.3 Å². The second-order valence-electron chi connectivity index (χ2n) is 4.35. The molecule has 2 rings (SSSR count). The maximum absolute atomic E-state index is 11.9. The average Bonchev–Trinajstić information content (AvgIpc) is 3.02. The van der Waals surface area contributed by atoms with Gasteiger partial charge in [-0.25, -0.2) is 0 Å². The Hall–Kier alpha value is -2.74. The largest absolute Gasteiger partial charge is 0.355 e. The number of nitrogens with one attached hydrogen (secondary N) is 2.